The lowest BCUT2D eigenvalue weighted by atomic mass is 10.1. The van der Waals surface area contributed by atoms with Crippen LogP contribution in [0.5, 0.6) is 0 Å². The molecule has 4 nitrogen and oxygen atoms in total. The Kier molecular flexibility index (Phi) is 6.84. The van der Waals surface area contributed by atoms with Gasteiger partial charge in [0.05, 0.1) is 6.04 Å². The van der Waals surface area contributed by atoms with Crippen LogP contribution in [0.4, 0.5) is 4.39 Å². The molecular weight excluding hydrogens is 165 g/mol. The molecule has 0 aromatic carbocycles. The minimum Gasteiger partial charge on any atom is -0.396 e. The summed E-state index contributed by atoms with van der Waals surface area (Å²) in [6, 6.07) is -0.832. The van der Waals surface area contributed by atoms with Crippen LogP contribution in [0.25, 0.3) is 0 Å². The molecule has 0 saturated heterocycles. The van der Waals surface area contributed by atoms with Crippen molar-refractivity contribution in [1.29, 1.82) is 0 Å². The molecule has 3 N–H and O–H groups in total. The Morgan fingerprint density at radius 1 is 1.50 bits per heavy atom. The van der Waals surface area contributed by atoms with Crippen molar-refractivity contribution in [3.05, 3.63) is 0 Å². The van der Waals surface area contributed by atoms with Crippen molar-refractivity contribution >= 4 is 5.78 Å². The van der Waals surface area contributed by atoms with E-state index in [1.165, 1.54) is 0 Å². The third kappa shape index (κ3) is 4.38. The molecule has 0 heterocycles. The lowest BCUT2D eigenvalue weighted by molar-refractivity contribution is -0.124. The summed E-state index contributed by atoms with van der Waals surface area (Å²) >= 11 is 0. The Balaban J connectivity index is 3.60. The van der Waals surface area contributed by atoms with Crippen LogP contribution in [0.1, 0.15) is 19.3 Å². The molecule has 0 aliphatic rings. The summed E-state index contributed by atoms with van der Waals surface area (Å²) in [5.41, 5.74) is 1.74. The topological polar surface area (TPSA) is 69.6 Å². The quantitative estimate of drug-likeness (QED) is 0.381. The number of carbonyl (C=O) groups is 1. The normalized spacial score (nSPS) is 12.9. The van der Waals surface area contributed by atoms with Gasteiger partial charge in [-0.25, -0.2) is 4.39 Å². The first-order chi connectivity index (χ1) is 5.76. The monoisotopic (exact) mass is 179 g/mol. The summed E-state index contributed by atoms with van der Waals surface area (Å²) in [6.07, 6.45) is 1.48. The van der Waals surface area contributed by atoms with Crippen molar-refractivity contribution in [2.24, 2.45) is 0 Å². The second kappa shape index (κ2) is 7.15. The first-order valence-electron chi connectivity index (χ1n) is 3.85. The number of alkyl halides is 1. The molecule has 72 valence electrons. The highest BCUT2D eigenvalue weighted by atomic mass is 19.1. The zero-order valence-electron chi connectivity index (χ0n) is 6.79. The van der Waals surface area contributed by atoms with Crippen LogP contribution in [0.3, 0.4) is 0 Å². The van der Waals surface area contributed by atoms with Gasteiger partial charge in [-0.05, 0) is 19.3 Å². The third-order valence-corrected chi connectivity index (χ3v) is 1.58. The minimum atomic E-state index is -1.07. The van der Waals surface area contributed by atoms with Gasteiger partial charge < -0.3 is 10.3 Å². The van der Waals surface area contributed by atoms with Crippen LogP contribution in [0.2, 0.25) is 0 Å². The highest BCUT2D eigenvalue weighted by Crippen LogP contribution is 2.01. The lowest BCUT2D eigenvalue weighted by Gasteiger charge is -2.10. The Bertz CT molecular complexity index is 132. The van der Waals surface area contributed by atoms with Gasteiger partial charge in [-0.1, -0.05) is 0 Å². The number of hydrogen-bond donors (Lipinski definition) is 3. The van der Waals surface area contributed by atoms with E-state index in [2.05, 4.69) is 0 Å². The number of nitrogens with one attached hydrogen (secondary N) is 1. The van der Waals surface area contributed by atoms with Crippen LogP contribution in [-0.4, -0.2) is 35.4 Å². The van der Waals surface area contributed by atoms with E-state index in [0.29, 0.717) is 19.3 Å². The van der Waals surface area contributed by atoms with Gasteiger partial charge in [0.15, 0.2) is 5.78 Å². The fourth-order valence-corrected chi connectivity index (χ4v) is 0.851. The van der Waals surface area contributed by atoms with Gasteiger partial charge in [0.1, 0.15) is 6.67 Å². The predicted octanol–water partition coefficient (Wildman–Crippen LogP) is 0.0350. The van der Waals surface area contributed by atoms with E-state index in [-0.39, 0.29) is 6.61 Å². The second-order valence-corrected chi connectivity index (χ2v) is 2.50. The van der Waals surface area contributed by atoms with Crippen molar-refractivity contribution in [2.75, 3.05) is 13.3 Å². The van der Waals surface area contributed by atoms with Crippen LogP contribution in [-0.2, 0) is 4.79 Å². The second-order valence-electron chi connectivity index (χ2n) is 2.50. The van der Waals surface area contributed by atoms with E-state index in [9.17, 15) is 9.18 Å². The van der Waals surface area contributed by atoms with Crippen molar-refractivity contribution in [1.82, 2.24) is 5.48 Å². The van der Waals surface area contributed by atoms with Gasteiger partial charge in [-0.15, -0.1) is 0 Å². The number of hydroxylamine groups is 1. The fraction of sp³-hybridized carbons (Fsp3) is 0.857. The van der Waals surface area contributed by atoms with Gasteiger partial charge in [0.25, 0.3) is 0 Å². The summed E-state index contributed by atoms with van der Waals surface area (Å²) in [5.74, 6) is -0.657. The SMILES string of the molecule is O=C(CF)C(CCCCO)NO. The maximum atomic E-state index is 11.8. The average molecular weight is 179 g/mol. The molecule has 0 fully saturated rings. The number of halogens is 1. The number of hydrogen-bond acceptors (Lipinski definition) is 4. The Morgan fingerprint density at radius 2 is 2.17 bits per heavy atom. The summed E-state index contributed by atoms with van der Waals surface area (Å²) in [4.78, 5) is 10.7. The molecule has 0 aromatic heterocycles. The molecule has 5 heteroatoms. The van der Waals surface area contributed by atoms with Crippen molar-refractivity contribution in [3.8, 4) is 0 Å². The Morgan fingerprint density at radius 3 is 2.58 bits per heavy atom. The van der Waals surface area contributed by atoms with E-state index in [0.717, 1.165) is 0 Å². The Hall–Kier alpha value is -0.520. The first kappa shape index (κ1) is 11.5. The van der Waals surface area contributed by atoms with Gasteiger partial charge in [0, 0.05) is 6.61 Å². The maximum absolute atomic E-state index is 11.8. The number of Topliss-reactive ketones (excluding diaryl/α,β-unsaturated/α-hetero) is 1. The van der Waals surface area contributed by atoms with Gasteiger partial charge in [-0.2, -0.15) is 5.48 Å². The molecule has 12 heavy (non-hydrogen) atoms. The molecule has 0 spiro atoms. The lowest BCUT2D eigenvalue weighted by Crippen LogP contribution is -2.35. The smallest absolute Gasteiger partial charge is 0.182 e. The maximum Gasteiger partial charge on any atom is 0.182 e. The highest BCUT2D eigenvalue weighted by molar-refractivity contribution is 5.84. The van der Waals surface area contributed by atoms with Crippen LogP contribution < -0.4 is 5.48 Å². The van der Waals surface area contributed by atoms with Crippen LogP contribution in [0.15, 0.2) is 0 Å². The zero-order valence-corrected chi connectivity index (χ0v) is 6.79. The van der Waals surface area contributed by atoms with E-state index in [1.54, 1.807) is 5.48 Å². The predicted molar refractivity (Wildman–Crippen MR) is 40.6 cm³/mol. The molecule has 1 atom stereocenters. The van der Waals surface area contributed by atoms with Crippen LogP contribution >= 0.6 is 0 Å². The van der Waals surface area contributed by atoms with Crippen LogP contribution in [0, 0.1) is 0 Å². The summed E-state index contributed by atoms with van der Waals surface area (Å²) in [7, 11) is 0. The number of ketones is 1. The van der Waals surface area contributed by atoms with Crippen molar-refractivity contribution in [3.63, 3.8) is 0 Å². The Labute approximate surface area is 70.3 Å². The number of unbranched alkanes of at least 4 members (excludes halogenated alkanes) is 1. The first-order valence-corrected chi connectivity index (χ1v) is 3.85. The molecule has 0 aliphatic heterocycles. The summed E-state index contributed by atoms with van der Waals surface area (Å²) < 4.78 is 11.8. The molecule has 0 rings (SSSR count). The summed E-state index contributed by atoms with van der Waals surface area (Å²) in [5, 5.41) is 16.8. The number of aliphatic hydroxyl groups excluding tert-OH is 1. The largest absolute Gasteiger partial charge is 0.396 e. The number of rotatable bonds is 7. The summed E-state index contributed by atoms with van der Waals surface area (Å²) in [6.45, 7) is -1.03. The standard InChI is InChI=1S/C7H14FNO3/c8-5-7(11)6(9-12)3-1-2-4-10/h6,9-10,12H,1-5H2. The molecule has 1 unspecified atom stereocenters. The molecule has 0 bridgehead atoms. The highest BCUT2D eigenvalue weighted by Gasteiger charge is 2.15. The molecular formula is C7H14FNO3. The minimum absolute atomic E-state index is 0.0436. The van der Waals surface area contributed by atoms with E-state index in [1.807, 2.05) is 0 Å². The van der Waals surface area contributed by atoms with Gasteiger partial charge >= 0.3 is 0 Å². The molecule has 0 saturated carbocycles. The fourth-order valence-electron chi connectivity index (χ4n) is 0.851. The molecule has 0 radical (unpaired) electrons. The van der Waals surface area contributed by atoms with E-state index >= 15 is 0 Å². The van der Waals surface area contributed by atoms with E-state index in [4.69, 9.17) is 10.3 Å². The van der Waals surface area contributed by atoms with Crippen molar-refractivity contribution < 1.29 is 19.5 Å². The third-order valence-electron chi connectivity index (χ3n) is 1.58. The number of carbonyl (C=O) groups excluding carboxylic acids is 1. The molecule has 0 aromatic rings. The van der Waals surface area contributed by atoms with Crippen molar-refractivity contribution in [2.45, 2.75) is 25.3 Å². The number of aliphatic hydroxyl groups is 1. The average Bonchev–Trinajstić information content (AvgIpc) is 2.11. The van der Waals surface area contributed by atoms with Gasteiger partial charge in [-0.3, -0.25) is 4.79 Å². The van der Waals surface area contributed by atoms with Gasteiger partial charge in [0.2, 0.25) is 0 Å². The van der Waals surface area contributed by atoms with E-state index < -0.39 is 18.5 Å². The molecule has 0 aliphatic carbocycles. The molecule has 0 amide bonds. The zero-order chi connectivity index (χ0) is 9.40.